The smallest absolute Gasteiger partial charge is 0.416 e. The van der Waals surface area contributed by atoms with Crippen LogP contribution in [-0.2, 0) is 15.7 Å². The Morgan fingerprint density at radius 1 is 1.23 bits per heavy atom. The fourth-order valence-electron chi connectivity index (χ4n) is 3.13. The van der Waals surface area contributed by atoms with Gasteiger partial charge in [0.05, 0.1) is 18.3 Å². The molecule has 2 heterocycles. The summed E-state index contributed by atoms with van der Waals surface area (Å²) in [4.78, 5) is 25.7. The van der Waals surface area contributed by atoms with Crippen molar-refractivity contribution in [3.63, 3.8) is 0 Å². The SMILES string of the molecule is CC(C)(C)OC(=O)N1CC(CC(=O)CNc2nncc3ccc(C(F)(F)F)cc23)C1. The largest absolute Gasteiger partial charge is 0.444 e. The predicted octanol–water partition coefficient (Wildman–Crippen LogP) is 3.89. The molecule has 1 amide bonds. The van der Waals surface area contributed by atoms with Crippen LogP contribution in [0.15, 0.2) is 24.4 Å². The van der Waals surface area contributed by atoms with Crippen molar-refractivity contribution in [1.29, 1.82) is 0 Å². The lowest BCUT2D eigenvalue weighted by Gasteiger charge is -2.39. The van der Waals surface area contributed by atoms with Crippen LogP contribution in [0.25, 0.3) is 10.8 Å². The Morgan fingerprint density at radius 3 is 2.57 bits per heavy atom. The molecule has 1 fully saturated rings. The van der Waals surface area contributed by atoms with Gasteiger partial charge in [-0.1, -0.05) is 6.07 Å². The molecule has 0 saturated carbocycles. The standard InChI is InChI=1S/C20H23F3N4O3/c1-19(2,3)30-18(29)27-10-12(11-27)6-15(28)9-24-17-16-7-14(20(21,22)23)5-4-13(16)8-25-26-17/h4-5,7-8,12H,6,9-11H2,1-3H3,(H,24,26). The third-order valence-electron chi connectivity index (χ3n) is 4.57. The number of aromatic nitrogens is 2. The fourth-order valence-corrected chi connectivity index (χ4v) is 3.13. The maximum absolute atomic E-state index is 13.0. The first-order chi connectivity index (χ1) is 13.9. The maximum atomic E-state index is 13.0. The van der Waals surface area contributed by atoms with Gasteiger partial charge in [-0.3, -0.25) is 4.79 Å². The Labute approximate surface area is 171 Å². The number of anilines is 1. The number of carbonyl (C=O) groups is 2. The number of nitrogens with zero attached hydrogens (tertiary/aromatic N) is 3. The van der Waals surface area contributed by atoms with Gasteiger partial charge in [0.2, 0.25) is 0 Å². The Hall–Kier alpha value is -2.91. The lowest BCUT2D eigenvalue weighted by molar-refractivity contribution is -0.137. The molecule has 2 aromatic rings. The summed E-state index contributed by atoms with van der Waals surface area (Å²) in [5, 5.41) is 11.1. The molecule has 1 aliphatic rings. The van der Waals surface area contributed by atoms with Gasteiger partial charge in [0.15, 0.2) is 11.6 Å². The van der Waals surface area contributed by atoms with Crippen LogP contribution in [0.2, 0.25) is 0 Å². The van der Waals surface area contributed by atoms with Crippen molar-refractivity contribution in [2.75, 3.05) is 25.0 Å². The normalized spacial score (nSPS) is 15.1. The number of benzene rings is 1. The van der Waals surface area contributed by atoms with Crippen molar-refractivity contribution < 1.29 is 27.5 Å². The first-order valence-corrected chi connectivity index (χ1v) is 9.48. The zero-order chi connectivity index (χ0) is 22.1. The first kappa shape index (κ1) is 21.8. The van der Waals surface area contributed by atoms with E-state index in [-0.39, 0.29) is 35.9 Å². The lowest BCUT2D eigenvalue weighted by Crippen LogP contribution is -2.52. The van der Waals surface area contributed by atoms with E-state index in [1.54, 1.807) is 20.8 Å². The molecule has 1 aliphatic heterocycles. The molecule has 1 aromatic heterocycles. The molecular formula is C20H23F3N4O3. The van der Waals surface area contributed by atoms with Crippen molar-refractivity contribution >= 4 is 28.5 Å². The summed E-state index contributed by atoms with van der Waals surface area (Å²) in [6.07, 6.45) is -3.27. The van der Waals surface area contributed by atoms with Crippen molar-refractivity contribution in [2.45, 2.75) is 39.0 Å². The number of Topliss-reactive ketones (excluding diaryl/α,β-unsaturated/α-hetero) is 1. The topological polar surface area (TPSA) is 84.4 Å². The lowest BCUT2D eigenvalue weighted by atomic mass is 9.94. The second kappa shape index (κ2) is 8.08. The summed E-state index contributed by atoms with van der Waals surface area (Å²) >= 11 is 0. The quantitative estimate of drug-likeness (QED) is 0.784. The van der Waals surface area contributed by atoms with E-state index >= 15 is 0 Å². The zero-order valence-corrected chi connectivity index (χ0v) is 16.9. The molecule has 0 radical (unpaired) electrons. The van der Waals surface area contributed by atoms with E-state index in [0.29, 0.717) is 18.5 Å². The molecule has 0 spiro atoms. The second-order valence-electron chi connectivity index (χ2n) is 8.34. The minimum atomic E-state index is -4.48. The van der Waals surface area contributed by atoms with Crippen LogP contribution >= 0.6 is 0 Å². The Bertz CT molecular complexity index is 950. The Balaban J connectivity index is 1.54. The van der Waals surface area contributed by atoms with Crippen LogP contribution < -0.4 is 5.32 Å². The molecule has 162 valence electrons. The van der Waals surface area contributed by atoms with Gasteiger partial charge in [-0.25, -0.2) is 4.79 Å². The second-order valence-corrected chi connectivity index (χ2v) is 8.34. The molecule has 10 heteroatoms. The first-order valence-electron chi connectivity index (χ1n) is 9.48. The highest BCUT2D eigenvalue weighted by atomic mass is 19.4. The number of ketones is 1. The third-order valence-corrected chi connectivity index (χ3v) is 4.57. The number of carbonyl (C=O) groups excluding carboxylic acids is 2. The molecular weight excluding hydrogens is 401 g/mol. The highest BCUT2D eigenvalue weighted by Crippen LogP contribution is 2.32. The van der Waals surface area contributed by atoms with Crippen LogP contribution in [0.3, 0.4) is 0 Å². The number of amides is 1. The summed E-state index contributed by atoms with van der Waals surface area (Å²) < 4.78 is 44.2. The molecule has 0 unspecified atom stereocenters. The van der Waals surface area contributed by atoms with E-state index < -0.39 is 23.4 Å². The molecule has 7 nitrogen and oxygen atoms in total. The van der Waals surface area contributed by atoms with Crippen molar-refractivity contribution in [3.05, 3.63) is 30.0 Å². The summed E-state index contributed by atoms with van der Waals surface area (Å²) in [5.41, 5.74) is -1.37. The monoisotopic (exact) mass is 424 g/mol. The van der Waals surface area contributed by atoms with Crippen molar-refractivity contribution in [2.24, 2.45) is 5.92 Å². The van der Waals surface area contributed by atoms with Gasteiger partial charge in [0, 0.05) is 36.2 Å². The van der Waals surface area contributed by atoms with Gasteiger partial charge in [-0.15, -0.1) is 5.10 Å². The van der Waals surface area contributed by atoms with E-state index in [0.717, 1.165) is 12.1 Å². The van der Waals surface area contributed by atoms with Gasteiger partial charge in [-0.05, 0) is 32.9 Å². The minimum absolute atomic E-state index is 0.0299. The molecule has 1 N–H and O–H groups in total. The van der Waals surface area contributed by atoms with Gasteiger partial charge >= 0.3 is 12.3 Å². The minimum Gasteiger partial charge on any atom is -0.444 e. The Kier molecular flexibility index (Phi) is 5.87. The molecule has 1 saturated heterocycles. The van der Waals surface area contributed by atoms with Gasteiger partial charge in [-0.2, -0.15) is 18.3 Å². The van der Waals surface area contributed by atoms with Gasteiger partial charge < -0.3 is 15.0 Å². The molecule has 30 heavy (non-hydrogen) atoms. The fraction of sp³-hybridized carbons (Fsp3) is 0.500. The third kappa shape index (κ3) is 5.37. The van der Waals surface area contributed by atoms with Crippen LogP contribution in [0.1, 0.15) is 32.8 Å². The average Bonchev–Trinajstić information content (AvgIpc) is 2.59. The van der Waals surface area contributed by atoms with Crippen LogP contribution in [0.4, 0.5) is 23.8 Å². The summed E-state index contributed by atoms with van der Waals surface area (Å²) in [6.45, 7) is 6.13. The van der Waals surface area contributed by atoms with E-state index in [1.807, 2.05) is 0 Å². The van der Waals surface area contributed by atoms with E-state index in [4.69, 9.17) is 4.74 Å². The summed E-state index contributed by atoms with van der Waals surface area (Å²) in [6, 6.07) is 3.28. The van der Waals surface area contributed by atoms with Crippen LogP contribution in [0.5, 0.6) is 0 Å². The van der Waals surface area contributed by atoms with E-state index in [2.05, 4.69) is 15.5 Å². The van der Waals surface area contributed by atoms with Crippen molar-refractivity contribution in [3.8, 4) is 0 Å². The average molecular weight is 424 g/mol. The number of nitrogens with one attached hydrogen (secondary N) is 1. The number of hydrogen-bond acceptors (Lipinski definition) is 6. The molecule has 0 aliphatic carbocycles. The molecule has 0 atom stereocenters. The Morgan fingerprint density at radius 2 is 1.93 bits per heavy atom. The van der Waals surface area contributed by atoms with Gasteiger partial charge in [0.1, 0.15) is 5.60 Å². The molecule has 1 aromatic carbocycles. The highest BCUT2D eigenvalue weighted by molar-refractivity contribution is 5.93. The number of hydrogen-bond donors (Lipinski definition) is 1. The number of likely N-dealkylation sites (tertiary alicyclic amines) is 1. The number of rotatable bonds is 5. The number of fused-ring (bicyclic) bond motifs is 1. The van der Waals surface area contributed by atoms with Crippen molar-refractivity contribution in [1.82, 2.24) is 15.1 Å². The molecule has 0 bridgehead atoms. The zero-order valence-electron chi connectivity index (χ0n) is 16.9. The van der Waals surface area contributed by atoms with E-state index in [1.165, 1.54) is 17.2 Å². The highest BCUT2D eigenvalue weighted by Gasteiger charge is 2.34. The van der Waals surface area contributed by atoms with Gasteiger partial charge in [0.25, 0.3) is 0 Å². The number of ether oxygens (including phenoxy) is 1. The maximum Gasteiger partial charge on any atom is 0.416 e. The summed E-state index contributed by atoms with van der Waals surface area (Å²) in [5.74, 6) is 0.0211. The number of alkyl halides is 3. The van der Waals surface area contributed by atoms with Crippen LogP contribution in [-0.4, -0.2) is 52.2 Å². The summed E-state index contributed by atoms with van der Waals surface area (Å²) in [7, 11) is 0. The number of halogens is 3. The predicted molar refractivity (Wildman–Crippen MR) is 104 cm³/mol. The van der Waals surface area contributed by atoms with Crippen LogP contribution in [0, 0.1) is 5.92 Å². The van der Waals surface area contributed by atoms with E-state index in [9.17, 15) is 22.8 Å². The molecule has 3 rings (SSSR count).